The Kier molecular flexibility index (Phi) is 8.26. The fraction of sp³-hybridized carbons (Fsp3) is 0.500. The summed E-state index contributed by atoms with van der Waals surface area (Å²) >= 11 is 0. The summed E-state index contributed by atoms with van der Waals surface area (Å²) in [6, 6.07) is 13.7. The molecule has 2 aliphatic rings. The van der Waals surface area contributed by atoms with Crippen LogP contribution in [-0.4, -0.2) is 100 Å². The average Bonchev–Trinajstić information content (AvgIpc) is 2.88. The van der Waals surface area contributed by atoms with Crippen molar-refractivity contribution in [2.75, 3.05) is 73.7 Å². The van der Waals surface area contributed by atoms with Crippen LogP contribution in [0.2, 0.25) is 0 Å². The lowest BCUT2D eigenvalue weighted by Gasteiger charge is -2.39. The number of carbonyl (C=O) groups excluding carboxylic acids is 1. The molecule has 0 saturated carbocycles. The molecule has 0 unspecified atom stereocenters. The number of piperazine rings is 1. The van der Waals surface area contributed by atoms with Crippen LogP contribution in [0.25, 0.3) is 0 Å². The lowest BCUT2D eigenvalue weighted by atomic mass is 10.1. The fourth-order valence-corrected chi connectivity index (χ4v) is 4.71. The standard InChI is InChI=1S/C26H35N3O5/c1-31-21-7-4-6-20(16-21)17-28-14-15-34-22(19-28)18-27-10-12-29(13-11-27)26(30)25-23(32-2)8-5-9-24(25)33-3/h4-9,16,22H,10-15,17-19H2,1-3H3/t22-/m1/s1. The van der Waals surface area contributed by atoms with Gasteiger partial charge in [-0.05, 0) is 29.8 Å². The molecule has 2 heterocycles. The second-order valence-electron chi connectivity index (χ2n) is 8.71. The van der Waals surface area contributed by atoms with Crippen LogP contribution in [0.1, 0.15) is 15.9 Å². The number of morpholine rings is 1. The third-order valence-electron chi connectivity index (χ3n) is 6.53. The number of rotatable bonds is 8. The normalized spacial score (nSPS) is 19.6. The minimum atomic E-state index is -0.0488. The molecule has 2 aliphatic heterocycles. The van der Waals surface area contributed by atoms with Gasteiger partial charge in [-0.1, -0.05) is 18.2 Å². The van der Waals surface area contributed by atoms with Gasteiger partial charge < -0.3 is 23.8 Å². The molecule has 0 bridgehead atoms. The molecule has 4 rings (SSSR count). The maximum atomic E-state index is 13.2. The number of nitrogens with zero attached hydrogens (tertiary/aromatic N) is 3. The molecule has 2 aromatic carbocycles. The maximum absolute atomic E-state index is 13.2. The Hall–Kier alpha value is -2.81. The number of amides is 1. The summed E-state index contributed by atoms with van der Waals surface area (Å²) in [4.78, 5) is 19.9. The van der Waals surface area contributed by atoms with Crippen molar-refractivity contribution in [2.24, 2.45) is 0 Å². The Morgan fingerprint density at radius 3 is 2.29 bits per heavy atom. The number of ether oxygens (including phenoxy) is 4. The van der Waals surface area contributed by atoms with Crippen molar-refractivity contribution in [3.63, 3.8) is 0 Å². The van der Waals surface area contributed by atoms with Crippen molar-refractivity contribution >= 4 is 5.91 Å². The van der Waals surface area contributed by atoms with E-state index in [1.165, 1.54) is 5.56 Å². The van der Waals surface area contributed by atoms with E-state index >= 15 is 0 Å². The SMILES string of the molecule is COc1cccc(CN2CCO[C@H](CN3CCN(C(=O)c4c(OC)cccc4OC)CC3)C2)c1. The molecule has 34 heavy (non-hydrogen) atoms. The predicted molar refractivity (Wildman–Crippen MR) is 130 cm³/mol. The predicted octanol–water partition coefficient (Wildman–Crippen LogP) is 2.37. The molecule has 1 amide bonds. The van der Waals surface area contributed by atoms with Crippen LogP contribution >= 0.6 is 0 Å². The first-order valence-electron chi connectivity index (χ1n) is 11.8. The third-order valence-corrected chi connectivity index (χ3v) is 6.53. The van der Waals surface area contributed by atoms with Gasteiger partial charge in [-0.2, -0.15) is 0 Å². The van der Waals surface area contributed by atoms with Crippen LogP contribution in [0.4, 0.5) is 0 Å². The molecule has 2 saturated heterocycles. The van der Waals surface area contributed by atoms with Crippen molar-refractivity contribution < 1.29 is 23.7 Å². The molecule has 8 nitrogen and oxygen atoms in total. The molecule has 0 radical (unpaired) electrons. The van der Waals surface area contributed by atoms with E-state index in [1.54, 1.807) is 33.5 Å². The monoisotopic (exact) mass is 469 g/mol. The van der Waals surface area contributed by atoms with E-state index in [2.05, 4.69) is 21.9 Å². The zero-order chi connectivity index (χ0) is 23.9. The minimum absolute atomic E-state index is 0.0488. The van der Waals surface area contributed by atoms with E-state index in [4.69, 9.17) is 18.9 Å². The minimum Gasteiger partial charge on any atom is -0.497 e. The van der Waals surface area contributed by atoms with Gasteiger partial charge in [-0.15, -0.1) is 0 Å². The van der Waals surface area contributed by atoms with E-state index in [9.17, 15) is 4.79 Å². The number of carbonyl (C=O) groups is 1. The topological polar surface area (TPSA) is 63.7 Å². The Morgan fingerprint density at radius 1 is 0.912 bits per heavy atom. The average molecular weight is 470 g/mol. The molecule has 1 atom stereocenters. The van der Waals surface area contributed by atoms with Crippen molar-refractivity contribution in [1.82, 2.24) is 14.7 Å². The van der Waals surface area contributed by atoms with Gasteiger partial charge in [0.1, 0.15) is 22.8 Å². The van der Waals surface area contributed by atoms with Crippen LogP contribution in [0.5, 0.6) is 17.2 Å². The largest absolute Gasteiger partial charge is 0.497 e. The van der Waals surface area contributed by atoms with Crippen LogP contribution in [0, 0.1) is 0 Å². The van der Waals surface area contributed by atoms with Gasteiger partial charge in [0.2, 0.25) is 0 Å². The summed E-state index contributed by atoms with van der Waals surface area (Å²) in [7, 11) is 4.85. The van der Waals surface area contributed by atoms with Gasteiger partial charge in [-0.3, -0.25) is 14.6 Å². The van der Waals surface area contributed by atoms with Gasteiger partial charge in [0.15, 0.2) is 0 Å². The highest BCUT2D eigenvalue weighted by Crippen LogP contribution is 2.30. The summed E-state index contributed by atoms with van der Waals surface area (Å²) in [5.74, 6) is 1.92. The van der Waals surface area contributed by atoms with E-state index in [1.807, 2.05) is 23.1 Å². The Morgan fingerprint density at radius 2 is 1.62 bits per heavy atom. The quantitative estimate of drug-likeness (QED) is 0.588. The lowest BCUT2D eigenvalue weighted by molar-refractivity contribution is -0.0497. The van der Waals surface area contributed by atoms with Crippen molar-refractivity contribution in [3.05, 3.63) is 53.6 Å². The highest BCUT2D eigenvalue weighted by Gasteiger charge is 2.29. The van der Waals surface area contributed by atoms with Crippen molar-refractivity contribution in [1.29, 1.82) is 0 Å². The third kappa shape index (κ3) is 5.81. The summed E-state index contributed by atoms with van der Waals surface area (Å²) in [6.07, 6.45) is 0.163. The van der Waals surface area contributed by atoms with Gasteiger partial charge in [-0.25, -0.2) is 0 Å². The highest BCUT2D eigenvalue weighted by molar-refractivity contribution is 5.99. The summed E-state index contributed by atoms with van der Waals surface area (Å²) < 4.78 is 22.3. The molecule has 0 aliphatic carbocycles. The van der Waals surface area contributed by atoms with E-state index in [-0.39, 0.29) is 12.0 Å². The molecule has 0 N–H and O–H groups in total. The Bertz CT molecular complexity index is 939. The summed E-state index contributed by atoms with van der Waals surface area (Å²) in [5, 5.41) is 0. The summed E-state index contributed by atoms with van der Waals surface area (Å²) in [6.45, 7) is 7.29. The second kappa shape index (κ2) is 11.6. The maximum Gasteiger partial charge on any atom is 0.261 e. The smallest absolute Gasteiger partial charge is 0.261 e. The molecule has 0 spiro atoms. The first kappa shape index (κ1) is 24.3. The molecule has 8 heteroatoms. The van der Waals surface area contributed by atoms with Crippen molar-refractivity contribution in [2.45, 2.75) is 12.6 Å². The first-order valence-corrected chi connectivity index (χ1v) is 11.8. The van der Waals surface area contributed by atoms with Gasteiger partial charge in [0.25, 0.3) is 5.91 Å². The lowest BCUT2D eigenvalue weighted by Crippen LogP contribution is -2.53. The molecular formula is C26H35N3O5. The van der Waals surface area contributed by atoms with Gasteiger partial charge in [0.05, 0.1) is 34.0 Å². The van der Waals surface area contributed by atoms with Crippen LogP contribution in [0.15, 0.2) is 42.5 Å². The molecule has 2 aromatic rings. The molecular weight excluding hydrogens is 434 g/mol. The van der Waals surface area contributed by atoms with E-state index < -0.39 is 0 Å². The molecule has 2 fully saturated rings. The zero-order valence-electron chi connectivity index (χ0n) is 20.4. The number of methoxy groups -OCH3 is 3. The molecule has 184 valence electrons. The van der Waals surface area contributed by atoms with Gasteiger partial charge >= 0.3 is 0 Å². The van der Waals surface area contributed by atoms with Crippen LogP contribution < -0.4 is 14.2 Å². The zero-order valence-corrected chi connectivity index (χ0v) is 20.4. The second-order valence-corrected chi connectivity index (χ2v) is 8.71. The highest BCUT2D eigenvalue weighted by atomic mass is 16.5. The fourth-order valence-electron chi connectivity index (χ4n) is 4.71. The van der Waals surface area contributed by atoms with E-state index in [0.29, 0.717) is 30.2 Å². The van der Waals surface area contributed by atoms with Crippen LogP contribution in [-0.2, 0) is 11.3 Å². The Balaban J connectivity index is 1.29. The molecule has 0 aromatic heterocycles. The van der Waals surface area contributed by atoms with Crippen molar-refractivity contribution in [3.8, 4) is 17.2 Å². The Labute approximate surface area is 201 Å². The summed E-state index contributed by atoms with van der Waals surface area (Å²) in [5.41, 5.74) is 1.74. The number of benzene rings is 2. The van der Waals surface area contributed by atoms with E-state index in [0.717, 1.165) is 51.6 Å². The number of hydrogen-bond acceptors (Lipinski definition) is 7. The first-order chi connectivity index (χ1) is 16.6. The van der Waals surface area contributed by atoms with Crippen LogP contribution in [0.3, 0.4) is 0 Å². The van der Waals surface area contributed by atoms with Gasteiger partial charge in [0, 0.05) is 52.4 Å². The number of hydrogen-bond donors (Lipinski definition) is 0.